The smallest absolute Gasteiger partial charge is 0.387 e. The molecule has 19 nitrogen and oxygen atoms in total. The van der Waals surface area contributed by atoms with Crippen LogP contribution in [0.1, 0.15) is 39.3 Å². The van der Waals surface area contributed by atoms with E-state index in [1.165, 1.54) is 10.9 Å². The Kier molecular flexibility index (Phi) is 10.7. The number of hydrogen-bond acceptors (Lipinski definition) is 16. The number of aromatic nitrogens is 4. The Labute approximate surface area is 239 Å². The summed E-state index contributed by atoms with van der Waals surface area (Å²) in [5, 5.41) is 41.3. The Morgan fingerprint density at radius 1 is 0.976 bits per heavy atom. The van der Waals surface area contributed by atoms with E-state index in [-0.39, 0.29) is 23.1 Å². The quantitative estimate of drug-likeness (QED) is 0.126. The van der Waals surface area contributed by atoms with E-state index in [1.807, 2.05) is 6.92 Å². The van der Waals surface area contributed by atoms with Gasteiger partial charge in [-0.25, -0.2) is 24.1 Å². The number of fused-ring (bicyclic) bond motifs is 1. The van der Waals surface area contributed by atoms with Gasteiger partial charge in [0.25, 0.3) is 0 Å². The van der Waals surface area contributed by atoms with Crippen molar-refractivity contribution in [3.63, 3.8) is 0 Å². The van der Waals surface area contributed by atoms with Crippen LogP contribution in [0.25, 0.3) is 11.2 Å². The van der Waals surface area contributed by atoms with Crippen molar-refractivity contribution < 1.29 is 66.9 Å². The van der Waals surface area contributed by atoms with Gasteiger partial charge in [-0.05, 0) is 13.3 Å². The second-order valence-electron chi connectivity index (χ2n) is 9.85. The highest BCUT2D eigenvalue weighted by molar-refractivity contribution is 7.61. The van der Waals surface area contributed by atoms with Crippen LogP contribution >= 0.6 is 15.6 Å². The first-order valence-corrected chi connectivity index (χ1v) is 16.0. The molecular formula is C21H35N5O14P2. The molecule has 2 aromatic rings. The van der Waals surface area contributed by atoms with Crippen LogP contribution in [0.5, 0.6) is 0 Å². The molecule has 11 atom stereocenters. The minimum absolute atomic E-state index is 0.0658. The van der Waals surface area contributed by atoms with Gasteiger partial charge in [0, 0.05) is 0 Å². The van der Waals surface area contributed by atoms with Crippen LogP contribution in [-0.4, -0.2) is 112 Å². The molecule has 0 saturated carbocycles. The lowest BCUT2D eigenvalue weighted by Gasteiger charge is -2.21. The molecular weight excluding hydrogens is 608 g/mol. The summed E-state index contributed by atoms with van der Waals surface area (Å²) in [6.45, 7) is 2.08. The fourth-order valence-corrected chi connectivity index (χ4v) is 6.51. The molecule has 238 valence electrons. The van der Waals surface area contributed by atoms with Gasteiger partial charge in [-0.3, -0.25) is 13.6 Å². The molecule has 2 aliphatic heterocycles. The summed E-state index contributed by atoms with van der Waals surface area (Å²) in [6, 6.07) is 0. The molecule has 21 heteroatoms. The van der Waals surface area contributed by atoms with Crippen molar-refractivity contribution in [2.75, 3.05) is 18.9 Å². The molecule has 0 bridgehead atoms. The monoisotopic (exact) mass is 643 g/mol. The minimum Gasteiger partial charge on any atom is -0.387 e. The molecule has 0 aliphatic carbocycles. The van der Waals surface area contributed by atoms with Gasteiger partial charge in [0.2, 0.25) is 0 Å². The summed E-state index contributed by atoms with van der Waals surface area (Å²) >= 11 is 0. The van der Waals surface area contributed by atoms with Gasteiger partial charge in [0.15, 0.2) is 24.0 Å². The number of nitrogens with zero attached hydrogens (tertiary/aromatic N) is 4. The third kappa shape index (κ3) is 7.69. The predicted molar refractivity (Wildman–Crippen MR) is 139 cm³/mol. The highest BCUT2D eigenvalue weighted by Crippen LogP contribution is 2.60. The summed E-state index contributed by atoms with van der Waals surface area (Å²) in [7, 11) is -10.6. The van der Waals surface area contributed by atoms with Crippen LogP contribution in [0.2, 0.25) is 0 Å². The van der Waals surface area contributed by atoms with Crippen LogP contribution in [0.3, 0.4) is 0 Å². The van der Waals surface area contributed by atoms with E-state index >= 15 is 0 Å². The Morgan fingerprint density at radius 2 is 1.60 bits per heavy atom. The lowest BCUT2D eigenvalue weighted by molar-refractivity contribution is -0.191. The third-order valence-electron chi connectivity index (χ3n) is 6.66. The van der Waals surface area contributed by atoms with Gasteiger partial charge < -0.3 is 50.2 Å². The summed E-state index contributed by atoms with van der Waals surface area (Å²) in [4.78, 5) is 31.8. The van der Waals surface area contributed by atoms with Crippen molar-refractivity contribution in [2.24, 2.45) is 0 Å². The largest absolute Gasteiger partial charge is 0.481 e. The van der Waals surface area contributed by atoms with Crippen molar-refractivity contribution >= 4 is 32.6 Å². The summed E-state index contributed by atoms with van der Waals surface area (Å²) in [5.74, 6) is 0.0658. The summed E-state index contributed by atoms with van der Waals surface area (Å²) < 4.78 is 56.2. The molecule has 4 rings (SSSR count). The maximum absolute atomic E-state index is 12.4. The number of ether oxygens (including phenoxy) is 3. The molecule has 2 fully saturated rings. The molecule has 4 heterocycles. The fourth-order valence-electron chi connectivity index (χ4n) is 4.42. The number of hydrogen-bond donors (Lipinski definition) is 7. The maximum atomic E-state index is 12.4. The van der Waals surface area contributed by atoms with E-state index in [9.17, 15) is 39.3 Å². The van der Waals surface area contributed by atoms with E-state index in [1.54, 1.807) is 6.92 Å². The summed E-state index contributed by atoms with van der Waals surface area (Å²) in [5.41, 5.74) is 6.14. The van der Waals surface area contributed by atoms with Gasteiger partial charge in [-0.15, -0.1) is 0 Å². The number of nitrogens with two attached hydrogens (primary N) is 1. The van der Waals surface area contributed by atoms with E-state index in [0.29, 0.717) is 6.42 Å². The van der Waals surface area contributed by atoms with Crippen molar-refractivity contribution in [2.45, 2.75) is 88.4 Å². The van der Waals surface area contributed by atoms with E-state index in [4.69, 9.17) is 24.5 Å². The number of aliphatic hydroxyl groups excluding tert-OH is 4. The van der Waals surface area contributed by atoms with E-state index in [0.717, 1.165) is 19.2 Å². The number of anilines is 1. The highest BCUT2D eigenvalue weighted by Gasteiger charge is 2.48. The van der Waals surface area contributed by atoms with E-state index < -0.39 is 78.0 Å². The number of nitrogen functional groups attached to an aromatic ring is 1. The Balaban J connectivity index is 1.28. The van der Waals surface area contributed by atoms with Crippen LogP contribution < -0.4 is 5.73 Å². The lowest BCUT2D eigenvalue weighted by Crippen LogP contribution is -2.36. The molecule has 2 aromatic heterocycles. The second kappa shape index (κ2) is 13.5. The molecule has 3 unspecified atom stereocenters. The number of imidazole rings is 1. The van der Waals surface area contributed by atoms with Crippen molar-refractivity contribution in [3.8, 4) is 0 Å². The number of phosphoric ester groups is 2. The van der Waals surface area contributed by atoms with Crippen LogP contribution in [0.4, 0.5) is 5.82 Å². The van der Waals surface area contributed by atoms with Gasteiger partial charge in [0.1, 0.15) is 48.5 Å². The zero-order chi connectivity index (χ0) is 30.8. The zero-order valence-electron chi connectivity index (χ0n) is 22.6. The van der Waals surface area contributed by atoms with Gasteiger partial charge in [-0.2, -0.15) is 4.31 Å². The van der Waals surface area contributed by atoms with Gasteiger partial charge >= 0.3 is 15.6 Å². The number of phosphoric acid groups is 2. The molecule has 0 spiro atoms. The SMILES string of the molecule is CCCCC(C)O[C@@H]1O[C@H](COP(=O)(O)OP(=O)(O)OC[C@H]2O[C@@H](n3cnc4c(N)ncnc43)[C@H](O)[C@@H]2O)[C@@H](O)[C@H]1O. The summed E-state index contributed by atoms with van der Waals surface area (Å²) in [6.07, 6.45) is -6.85. The normalized spacial score (nSPS) is 33.5. The zero-order valence-corrected chi connectivity index (χ0v) is 24.4. The lowest BCUT2D eigenvalue weighted by atomic mass is 10.1. The number of aliphatic hydroxyl groups is 4. The average Bonchev–Trinajstić information content (AvgIpc) is 3.55. The first-order chi connectivity index (χ1) is 19.7. The molecule has 2 saturated heterocycles. The van der Waals surface area contributed by atoms with Crippen molar-refractivity contribution in [3.05, 3.63) is 12.7 Å². The molecule has 0 radical (unpaired) electrons. The molecule has 0 amide bonds. The fraction of sp³-hybridized carbons (Fsp3) is 0.762. The second-order valence-corrected chi connectivity index (χ2v) is 12.9. The maximum Gasteiger partial charge on any atom is 0.481 e. The first kappa shape index (κ1) is 33.2. The van der Waals surface area contributed by atoms with Gasteiger partial charge in [0.05, 0.1) is 25.6 Å². The Hall–Kier alpha value is -1.67. The van der Waals surface area contributed by atoms with Crippen molar-refractivity contribution in [1.82, 2.24) is 19.5 Å². The topological polar surface area (TPSA) is 281 Å². The van der Waals surface area contributed by atoms with Gasteiger partial charge in [-0.1, -0.05) is 19.8 Å². The van der Waals surface area contributed by atoms with E-state index in [2.05, 4.69) is 23.8 Å². The molecule has 2 aliphatic rings. The Morgan fingerprint density at radius 3 is 2.24 bits per heavy atom. The van der Waals surface area contributed by atoms with Crippen LogP contribution in [-0.2, 0) is 36.7 Å². The first-order valence-electron chi connectivity index (χ1n) is 13.0. The molecule has 8 N–H and O–H groups in total. The number of rotatable bonds is 14. The Bertz CT molecular complexity index is 1300. The predicted octanol–water partition coefficient (Wildman–Crippen LogP) is -0.680. The van der Waals surface area contributed by atoms with Crippen molar-refractivity contribution in [1.29, 1.82) is 0 Å². The van der Waals surface area contributed by atoms with Crippen LogP contribution in [0, 0.1) is 0 Å². The minimum atomic E-state index is -5.31. The molecule has 42 heavy (non-hydrogen) atoms. The van der Waals surface area contributed by atoms with Crippen LogP contribution in [0.15, 0.2) is 12.7 Å². The third-order valence-corrected chi connectivity index (χ3v) is 9.26. The highest BCUT2D eigenvalue weighted by atomic mass is 31.3. The number of unbranched alkanes of at least 4 members (excludes halogenated alkanes) is 1. The standard InChI is InChI=1S/C21H35N5O14P2/c1-3-4-5-10(2)37-21-17(30)15(28)12(39-21)7-36-42(33,34)40-41(31,32)35-6-11-14(27)16(29)20(38-11)26-9-25-13-18(22)23-8-24-19(13)26/h8-12,14-17,20-21,27-30H,3-7H2,1-2H3,(H,31,32)(H,33,34)(H2,22,23,24)/t10?,11-,12-,14-,15-,16-,17-,20-,21-/m1/s1. The molecule has 0 aromatic carbocycles. The average molecular weight is 643 g/mol.